The summed E-state index contributed by atoms with van der Waals surface area (Å²) in [5.41, 5.74) is 7.24. The molecular formula is C22H38N2O. The van der Waals surface area contributed by atoms with Crippen molar-refractivity contribution in [2.75, 3.05) is 7.05 Å². The van der Waals surface area contributed by atoms with E-state index in [-0.39, 0.29) is 0 Å². The van der Waals surface area contributed by atoms with Gasteiger partial charge in [0.1, 0.15) is 0 Å². The van der Waals surface area contributed by atoms with Crippen LogP contribution in [0, 0.1) is 40.4 Å². The molecule has 0 radical (unpaired) electrons. The van der Waals surface area contributed by atoms with Crippen LogP contribution in [0.3, 0.4) is 0 Å². The summed E-state index contributed by atoms with van der Waals surface area (Å²) in [6.45, 7) is 9.77. The smallest absolute Gasteiger partial charge is 0.222 e. The van der Waals surface area contributed by atoms with Crippen LogP contribution in [0.25, 0.3) is 0 Å². The highest BCUT2D eigenvalue weighted by molar-refractivity contribution is 5.77. The summed E-state index contributed by atoms with van der Waals surface area (Å²) in [7, 11) is 2.06. The van der Waals surface area contributed by atoms with Crippen LogP contribution >= 0.6 is 0 Å². The van der Waals surface area contributed by atoms with E-state index in [4.69, 9.17) is 5.73 Å². The topological polar surface area (TPSA) is 46.3 Å². The van der Waals surface area contributed by atoms with E-state index in [9.17, 15) is 4.79 Å². The molecule has 0 unspecified atom stereocenters. The molecule has 142 valence electrons. The first-order chi connectivity index (χ1) is 11.7. The quantitative estimate of drug-likeness (QED) is 0.778. The van der Waals surface area contributed by atoms with Gasteiger partial charge < -0.3 is 10.6 Å². The van der Waals surface area contributed by atoms with Crippen molar-refractivity contribution >= 4 is 5.91 Å². The van der Waals surface area contributed by atoms with Crippen LogP contribution in [0.15, 0.2) is 0 Å². The molecule has 0 aromatic heterocycles. The van der Waals surface area contributed by atoms with Crippen molar-refractivity contribution < 1.29 is 4.79 Å². The van der Waals surface area contributed by atoms with Crippen LogP contribution in [0.5, 0.6) is 0 Å². The number of rotatable bonds is 1. The van der Waals surface area contributed by atoms with Gasteiger partial charge in [0.2, 0.25) is 5.91 Å². The molecule has 0 aromatic rings. The molecule has 1 saturated heterocycles. The highest BCUT2D eigenvalue weighted by Gasteiger charge is 2.62. The average Bonchev–Trinajstić information content (AvgIpc) is 2.81. The molecule has 3 saturated carbocycles. The first-order valence-corrected chi connectivity index (χ1v) is 10.7. The fraction of sp³-hybridized carbons (Fsp3) is 0.955. The zero-order valence-corrected chi connectivity index (χ0v) is 16.9. The summed E-state index contributed by atoms with van der Waals surface area (Å²) >= 11 is 0. The molecule has 1 heterocycles. The summed E-state index contributed by atoms with van der Waals surface area (Å²) in [6, 6.07) is 0.786. The minimum absolute atomic E-state index is 0.312. The molecule has 0 aromatic carbocycles. The van der Waals surface area contributed by atoms with Crippen LogP contribution in [-0.2, 0) is 4.79 Å². The zero-order valence-electron chi connectivity index (χ0n) is 16.9. The number of fused-ring (bicyclic) bond motifs is 5. The number of nitrogens with two attached hydrogens (primary N) is 1. The second kappa shape index (κ2) is 5.71. The van der Waals surface area contributed by atoms with Crippen LogP contribution in [0.1, 0.15) is 72.6 Å². The van der Waals surface area contributed by atoms with E-state index in [1.807, 2.05) is 0 Å². The number of hydrogen-bond acceptors (Lipinski definition) is 2. The monoisotopic (exact) mass is 346 g/mol. The maximum atomic E-state index is 12.3. The molecule has 4 fully saturated rings. The lowest BCUT2D eigenvalue weighted by Crippen LogP contribution is -2.61. The average molecular weight is 347 g/mol. The van der Waals surface area contributed by atoms with Crippen molar-refractivity contribution in [2.45, 2.75) is 84.7 Å². The fourth-order valence-corrected chi connectivity index (χ4v) is 8.67. The maximum absolute atomic E-state index is 12.3. The summed E-state index contributed by atoms with van der Waals surface area (Å²) in [5, 5.41) is 0. The number of carbonyl (C=O) groups is 1. The van der Waals surface area contributed by atoms with Gasteiger partial charge in [-0.2, -0.15) is 0 Å². The second-order valence-corrected chi connectivity index (χ2v) is 10.6. The van der Waals surface area contributed by atoms with Crippen molar-refractivity contribution in [1.82, 2.24) is 4.90 Å². The van der Waals surface area contributed by atoms with Crippen LogP contribution in [0.2, 0.25) is 0 Å². The minimum Gasteiger partial charge on any atom is -0.342 e. The Kier molecular flexibility index (Phi) is 4.07. The highest BCUT2D eigenvalue weighted by atomic mass is 16.2. The van der Waals surface area contributed by atoms with E-state index in [1.165, 1.54) is 32.1 Å². The molecule has 3 aliphatic carbocycles. The van der Waals surface area contributed by atoms with Crippen molar-refractivity contribution in [2.24, 2.45) is 46.2 Å². The SMILES string of the molecule is C[C@H](N)[C@H]1[C@@H](C)C[C@H]2[C@@H]3CC[C@H]4N(C)C(=O)CC[C@]4(C)[C@H]3CC[C@]12C. The first-order valence-electron chi connectivity index (χ1n) is 10.7. The van der Waals surface area contributed by atoms with Gasteiger partial charge in [0.05, 0.1) is 0 Å². The predicted molar refractivity (Wildman–Crippen MR) is 102 cm³/mol. The number of nitrogens with zero attached hydrogens (tertiary/aromatic N) is 1. The third-order valence-electron chi connectivity index (χ3n) is 9.56. The summed E-state index contributed by atoms with van der Waals surface area (Å²) in [4.78, 5) is 14.4. The van der Waals surface area contributed by atoms with E-state index >= 15 is 0 Å². The Morgan fingerprint density at radius 1 is 1.12 bits per heavy atom. The summed E-state index contributed by atoms with van der Waals surface area (Å²) in [5.74, 6) is 4.31. The fourth-order valence-electron chi connectivity index (χ4n) is 8.67. The van der Waals surface area contributed by atoms with E-state index in [0.717, 1.165) is 36.5 Å². The molecule has 0 spiro atoms. The molecule has 4 aliphatic rings. The van der Waals surface area contributed by atoms with Gasteiger partial charge in [0.25, 0.3) is 0 Å². The third-order valence-corrected chi connectivity index (χ3v) is 9.56. The van der Waals surface area contributed by atoms with Gasteiger partial charge in [-0.15, -0.1) is 0 Å². The minimum atomic E-state index is 0.312. The van der Waals surface area contributed by atoms with E-state index in [1.54, 1.807) is 0 Å². The Labute approximate surface area is 154 Å². The van der Waals surface area contributed by atoms with Gasteiger partial charge in [-0.1, -0.05) is 20.8 Å². The molecule has 4 rings (SSSR count). The molecular weight excluding hydrogens is 308 g/mol. The van der Waals surface area contributed by atoms with Crippen LogP contribution in [-0.4, -0.2) is 29.9 Å². The Morgan fingerprint density at radius 2 is 1.84 bits per heavy atom. The van der Waals surface area contributed by atoms with Crippen molar-refractivity contribution in [3.8, 4) is 0 Å². The number of likely N-dealkylation sites (tertiary alicyclic amines) is 1. The summed E-state index contributed by atoms with van der Waals surface area (Å²) in [6.07, 6.45) is 8.47. The lowest BCUT2D eigenvalue weighted by Gasteiger charge is -2.62. The van der Waals surface area contributed by atoms with Crippen molar-refractivity contribution in [1.29, 1.82) is 0 Å². The van der Waals surface area contributed by atoms with Gasteiger partial charge in [0, 0.05) is 25.6 Å². The normalized spacial score (nSPS) is 53.8. The number of hydrogen-bond donors (Lipinski definition) is 1. The van der Waals surface area contributed by atoms with Gasteiger partial charge in [-0.3, -0.25) is 4.79 Å². The highest BCUT2D eigenvalue weighted by Crippen LogP contribution is 2.67. The van der Waals surface area contributed by atoms with Crippen LogP contribution in [0.4, 0.5) is 0 Å². The zero-order chi connectivity index (χ0) is 18.1. The van der Waals surface area contributed by atoms with Crippen molar-refractivity contribution in [3.63, 3.8) is 0 Å². The molecule has 9 atom stereocenters. The maximum Gasteiger partial charge on any atom is 0.222 e. The van der Waals surface area contributed by atoms with Crippen LogP contribution < -0.4 is 5.73 Å². The largest absolute Gasteiger partial charge is 0.342 e. The Morgan fingerprint density at radius 3 is 2.52 bits per heavy atom. The molecule has 3 heteroatoms. The van der Waals surface area contributed by atoms with E-state index < -0.39 is 0 Å². The van der Waals surface area contributed by atoms with Gasteiger partial charge in [0.15, 0.2) is 0 Å². The predicted octanol–water partition coefficient (Wildman–Crippen LogP) is 4.06. The summed E-state index contributed by atoms with van der Waals surface area (Å²) < 4.78 is 0. The second-order valence-electron chi connectivity index (χ2n) is 10.6. The molecule has 0 bridgehead atoms. The number of amides is 1. The van der Waals surface area contributed by atoms with Gasteiger partial charge >= 0.3 is 0 Å². The lowest BCUT2D eigenvalue weighted by molar-refractivity contribution is -0.158. The van der Waals surface area contributed by atoms with E-state index in [2.05, 4.69) is 39.6 Å². The number of carbonyl (C=O) groups excluding carboxylic acids is 1. The third kappa shape index (κ3) is 2.30. The Hall–Kier alpha value is -0.570. The molecule has 1 amide bonds. The molecule has 2 N–H and O–H groups in total. The number of piperidine rings is 1. The lowest BCUT2D eigenvalue weighted by atomic mass is 9.46. The Bertz CT molecular complexity index is 560. The Balaban J connectivity index is 1.65. The van der Waals surface area contributed by atoms with Gasteiger partial charge in [-0.25, -0.2) is 0 Å². The molecule has 1 aliphatic heterocycles. The standard InChI is InChI=1S/C22H38N2O/c1-13-12-17-15-6-7-18-21(3,11-9-19(25)24(18)5)16(15)8-10-22(17,4)20(13)14(2)23/h13-18,20H,6-12,23H2,1-5H3/t13-,14-,15+,16-,17-,18+,20+,21+,22-/m0/s1. The first kappa shape index (κ1) is 17.8. The molecule has 25 heavy (non-hydrogen) atoms. The van der Waals surface area contributed by atoms with Crippen molar-refractivity contribution in [3.05, 3.63) is 0 Å². The van der Waals surface area contributed by atoms with Gasteiger partial charge in [-0.05, 0) is 85.9 Å². The van der Waals surface area contributed by atoms with E-state index in [0.29, 0.717) is 34.7 Å². The molecule has 3 nitrogen and oxygen atoms in total.